The summed E-state index contributed by atoms with van der Waals surface area (Å²) in [5.74, 6) is -1.22. The SMILES string of the molecule is Cn1cncc1C(=O)N(CC(=O)O)C1CCCC1. The summed E-state index contributed by atoms with van der Waals surface area (Å²) in [5, 5.41) is 8.94. The molecule has 0 bridgehead atoms. The lowest BCUT2D eigenvalue weighted by atomic mass is 10.2. The average Bonchev–Trinajstić information content (AvgIpc) is 2.95. The van der Waals surface area contributed by atoms with E-state index in [1.165, 1.54) is 11.1 Å². The lowest BCUT2D eigenvalue weighted by Gasteiger charge is -2.27. The molecule has 18 heavy (non-hydrogen) atoms. The summed E-state index contributed by atoms with van der Waals surface area (Å²) in [6.07, 6.45) is 6.90. The Kier molecular flexibility index (Phi) is 3.64. The number of carboxylic acid groups (broad SMARTS) is 1. The van der Waals surface area contributed by atoms with E-state index in [0.29, 0.717) is 5.69 Å². The molecule has 0 atom stereocenters. The normalized spacial score (nSPS) is 15.8. The van der Waals surface area contributed by atoms with Crippen molar-refractivity contribution in [1.29, 1.82) is 0 Å². The van der Waals surface area contributed by atoms with E-state index < -0.39 is 5.97 Å². The second kappa shape index (κ2) is 5.20. The van der Waals surface area contributed by atoms with E-state index in [1.54, 1.807) is 17.9 Å². The fraction of sp³-hybridized carbons (Fsp3) is 0.583. The molecule has 1 aromatic rings. The third kappa shape index (κ3) is 2.52. The molecule has 0 aliphatic heterocycles. The minimum atomic E-state index is -0.975. The highest BCUT2D eigenvalue weighted by atomic mass is 16.4. The first-order valence-corrected chi connectivity index (χ1v) is 6.08. The van der Waals surface area contributed by atoms with Gasteiger partial charge in [0.05, 0.1) is 12.5 Å². The monoisotopic (exact) mass is 251 g/mol. The maximum atomic E-state index is 12.4. The number of aromatic nitrogens is 2. The zero-order valence-electron chi connectivity index (χ0n) is 10.4. The standard InChI is InChI=1S/C12H17N3O3/c1-14-8-13-6-10(14)12(18)15(7-11(16)17)9-4-2-3-5-9/h6,8-9H,2-5,7H2,1H3,(H,16,17). The lowest BCUT2D eigenvalue weighted by molar-refractivity contribution is -0.138. The van der Waals surface area contributed by atoms with Gasteiger partial charge in [-0.2, -0.15) is 0 Å². The molecule has 1 N–H and O–H groups in total. The molecule has 1 heterocycles. The van der Waals surface area contributed by atoms with Crippen LogP contribution in [0.4, 0.5) is 0 Å². The first-order valence-electron chi connectivity index (χ1n) is 6.08. The molecular weight excluding hydrogens is 234 g/mol. The Hall–Kier alpha value is -1.85. The summed E-state index contributed by atoms with van der Waals surface area (Å²) in [5.41, 5.74) is 0.433. The predicted octanol–water partition coefficient (Wildman–Crippen LogP) is 0.889. The van der Waals surface area contributed by atoms with Crippen molar-refractivity contribution in [3.8, 4) is 0 Å². The van der Waals surface area contributed by atoms with Crippen LogP contribution in [-0.2, 0) is 11.8 Å². The Morgan fingerprint density at radius 2 is 2.17 bits per heavy atom. The molecule has 0 spiro atoms. The van der Waals surface area contributed by atoms with E-state index in [-0.39, 0.29) is 18.5 Å². The topological polar surface area (TPSA) is 75.4 Å². The molecule has 2 rings (SSSR count). The molecule has 1 aliphatic carbocycles. The van der Waals surface area contributed by atoms with Gasteiger partial charge in [0.15, 0.2) is 0 Å². The van der Waals surface area contributed by atoms with Gasteiger partial charge in [-0.1, -0.05) is 12.8 Å². The molecule has 98 valence electrons. The molecule has 6 nitrogen and oxygen atoms in total. The van der Waals surface area contributed by atoms with Gasteiger partial charge < -0.3 is 14.6 Å². The number of aliphatic carboxylic acids is 1. The largest absolute Gasteiger partial charge is 0.480 e. The quantitative estimate of drug-likeness (QED) is 0.862. The van der Waals surface area contributed by atoms with Crippen LogP contribution < -0.4 is 0 Å². The number of amides is 1. The van der Waals surface area contributed by atoms with Crippen LogP contribution in [0.25, 0.3) is 0 Å². The molecule has 0 radical (unpaired) electrons. The van der Waals surface area contributed by atoms with Gasteiger partial charge in [-0.15, -0.1) is 0 Å². The fourth-order valence-electron chi connectivity index (χ4n) is 2.44. The second-order valence-corrected chi connectivity index (χ2v) is 4.65. The van der Waals surface area contributed by atoms with Gasteiger partial charge in [-0.25, -0.2) is 4.98 Å². The number of imidazole rings is 1. The zero-order chi connectivity index (χ0) is 13.1. The van der Waals surface area contributed by atoms with Crippen molar-refractivity contribution in [2.75, 3.05) is 6.54 Å². The summed E-state index contributed by atoms with van der Waals surface area (Å²) in [7, 11) is 1.73. The first-order chi connectivity index (χ1) is 8.59. The smallest absolute Gasteiger partial charge is 0.323 e. The van der Waals surface area contributed by atoms with E-state index in [0.717, 1.165) is 25.7 Å². The molecule has 1 aromatic heterocycles. The number of rotatable bonds is 4. The number of hydrogen-bond donors (Lipinski definition) is 1. The molecule has 1 fully saturated rings. The maximum absolute atomic E-state index is 12.4. The van der Waals surface area contributed by atoms with Gasteiger partial charge in [-0.05, 0) is 12.8 Å². The van der Waals surface area contributed by atoms with Crippen LogP contribution in [0.15, 0.2) is 12.5 Å². The minimum absolute atomic E-state index is 0.0449. The maximum Gasteiger partial charge on any atom is 0.323 e. The number of aryl methyl sites for hydroxylation is 1. The van der Waals surface area contributed by atoms with Gasteiger partial charge in [0.2, 0.25) is 0 Å². The second-order valence-electron chi connectivity index (χ2n) is 4.65. The highest BCUT2D eigenvalue weighted by molar-refractivity contribution is 5.94. The molecule has 1 aliphatic rings. The number of nitrogens with zero attached hydrogens (tertiary/aromatic N) is 3. The summed E-state index contributed by atoms with van der Waals surface area (Å²) >= 11 is 0. The van der Waals surface area contributed by atoms with Gasteiger partial charge in [-0.3, -0.25) is 9.59 Å². The Morgan fingerprint density at radius 1 is 1.50 bits per heavy atom. The van der Waals surface area contributed by atoms with E-state index in [1.807, 2.05) is 0 Å². The van der Waals surface area contributed by atoms with E-state index >= 15 is 0 Å². The average molecular weight is 251 g/mol. The van der Waals surface area contributed by atoms with E-state index in [2.05, 4.69) is 4.98 Å². The fourth-order valence-corrected chi connectivity index (χ4v) is 2.44. The van der Waals surface area contributed by atoms with Crippen LogP contribution in [0, 0.1) is 0 Å². The highest BCUT2D eigenvalue weighted by Gasteiger charge is 2.30. The van der Waals surface area contributed by atoms with Crippen LogP contribution >= 0.6 is 0 Å². The summed E-state index contributed by atoms with van der Waals surface area (Å²) < 4.78 is 1.62. The van der Waals surface area contributed by atoms with Crippen LogP contribution in [0.5, 0.6) is 0 Å². The molecule has 0 unspecified atom stereocenters. The Labute approximate surface area is 105 Å². The Balaban J connectivity index is 2.20. The number of carbonyl (C=O) groups is 2. The lowest BCUT2D eigenvalue weighted by Crippen LogP contribution is -2.42. The van der Waals surface area contributed by atoms with Crippen LogP contribution in [-0.4, -0.2) is 44.0 Å². The number of hydrogen-bond acceptors (Lipinski definition) is 3. The van der Waals surface area contributed by atoms with Crippen molar-refractivity contribution in [3.63, 3.8) is 0 Å². The van der Waals surface area contributed by atoms with Crippen LogP contribution in [0.3, 0.4) is 0 Å². The van der Waals surface area contributed by atoms with Crippen molar-refractivity contribution < 1.29 is 14.7 Å². The van der Waals surface area contributed by atoms with Crippen LogP contribution in [0.1, 0.15) is 36.2 Å². The minimum Gasteiger partial charge on any atom is -0.480 e. The van der Waals surface area contributed by atoms with Crippen molar-refractivity contribution in [1.82, 2.24) is 14.5 Å². The molecule has 6 heteroatoms. The summed E-state index contributed by atoms with van der Waals surface area (Å²) in [4.78, 5) is 28.6. The molecule has 0 aromatic carbocycles. The third-order valence-electron chi connectivity index (χ3n) is 3.37. The number of carbonyl (C=O) groups excluding carboxylic acids is 1. The molecule has 0 saturated heterocycles. The molecule has 1 amide bonds. The zero-order valence-corrected chi connectivity index (χ0v) is 10.4. The van der Waals surface area contributed by atoms with Crippen molar-refractivity contribution >= 4 is 11.9 Å². The van der Waals surface area contributed by atoms with Crippen molar-refractivity contribution in [2.24, 2.45) is 7.05 Å². The predicted molar refractivity (Wildman–Crippen MR) is 64.1 cm³/mol. The van der Waals surface area contributed by atoms with Gasteiger partial charge >= 0.3 is 5.97 Å². The summed E-state index contributed by atoms with van der Waals surface area (Å²) in [6, 6.07) is 0.0449. The van der Waals surface area contributed by atoms with E-state index in [4.69, 9.17) is 5.11 Å². The van der Waals surface area contributed by atoms with Crippen molar-refractivity contribution in [3.05, 3.63) is 18.2 Å². The highest BCUT2D eigenvalue weighted by Crippen LogP contribution is 2.24. The Bertz CT molecular complexity index is 449. The van der Waals surface area contributed by atoms with Gasteiger partial charge in [0.25, 0.3) is 5.91 Å². The Morgan fingerprint density at radius 3 is 2.67 bits per heavy atom. The first kappa shape index (κ1) is 12.6. The summed E-state index contributed by atoms with van der Waals surface area (Å²) in [6.45, 7) is -0.241. The van der Waals surface area contributed by atoms with Gasteiger partial charge in [0.1, 0.15) is 12.2 Å². The number of carboxylic acids is 1. The van der Waals surface area contributed by atoms with E-state index in [9.17, 15) is 9.59 Å². The van der Waals surface area contributed by atoms with Crippen LogP contribution in [0.2, 0.25) is 0 Å². The van der Waals surface area contributed by atoms with Crippen molar-refractivity contribution in [2.45, 2.75) is 31.7 Å². The third-order valence-corrected chi connectivity index (χ3v) is 3.37. The molecule has 1 saturated carbocycles. The molecular formula is C12H17N3O3. The van der Waals surface area contributed by atoms with Gasteiger partial charge in [0, 0.05) is 13.1 Å².